The Morgan fingerprint density at radius 2 is 2.04 bits per heavy atom. The molecule has 0 aliphatic rings. The minimum absolute atomic E-state index is 0.0481. The SMILES string of the molecule is Cc1ccc(OCCOCn2cnc3c(=O)[nH]c(N)nc32)cc1. The topological polar surface area (TPSA) is 108 Å². The van der Waals surface area contributed by atoms with Crippen LogP contribution in [0, 0.1) is 6.92 Å². The van der Waals surface area contributed by atoms with Crippen LogP contribution in [-0.2, 0) is 11.5 Å². The van der Waals surface area contributed by atoms with Crippen molar-refractivity contribution in [1.29, 1.82) is 0 Å². The third-order valence-corrected chi connectivity index (χ3v) is 3.24. The fourth-order valence-electron chi connectivity index (χ4n) is 2.08. The molecule has 0 aliphatic heterocycles. The van der Waals surface area contributed by atoms with Crippen LogP contribution in [0.25, 0.3) is 11.2 Å². The van der Waals surface area contributed by atoms with Gasteiger partial charge in [0.1, 0.15) is 19.1 Å². The number of benzene rings is 1. The number of hydrogen-bond donors (Lipinski definition) is 2. The van der Waals surface area contributed by atoms with Crippen molar-refractivity contribution in [2.45, 2.75) is 13.7 Å². The Balaban J connectivity index is 1.53. The Labute approximate surface area is 131 Å². The highest BCUT2D eigenvalue weighted by Gasteiger charge is 2.08. The molecule has 0 spiro atoms. The second-order valence-electron chi connectivity index (χ2n) is 5.04. The van der Waals surface area contributed by atoms with E-state index in [2.05, 4.69) is 15.0 Å². The van der Waals surface area contributed by atoms with E-state index in [9.17, 15) is 4.79 Å². The zero-order valence-corrected chi connectivity index (χ0v) is 12.7. The highest BCUT2D eigenvalue weighted by Crippen LogP contribution is 2.11. The Bertz CT molecular complexity index is 854. The minimum Gasteiger partial charge on any atom is -0.491 e. The summed E-state index contributed by atoms with van der Waals surface area (Å²) in [5.41, 5.74) is 6.98. The van der Waals surface area contributed by atoms with Gasteiger partial charge in [-0.15, -0.1) is 0 Å². The Kier molecular flexibility index (Phi) is 4.24. The van der Waals surface area contributed by atoms with Gasteiger partial charge in [-0.25, -0.2) is 4.98 Å². The molecule has 0 aliphatic carbocycles. The lowest BCUT2D eigenvalue weighted by molar-refractivity contribution is 0.0557. The van der Waals surface area contributed by atoms with E-state index in [4.69, 9.17) is 15.2 Å². The highest BCUT2D eigenvalue weighted by molar-refractivity contribution is 5.70. The molecule has 1 aromatic carbocycles. The number of aromatic amines is 1. The van der Waals surface area contributed by atoms with Crippen molar-refractivity contribution < 1.29 is 9.47 Å². The van der Waals surface area contributed by atoms with Gasteiger partial charge in [0.05, 0.1) is 12.9 Å². The van der Waals surface area contributed by atoms with E-state index in [1.165, 1.54) is 11.9 Å². The van der Waals surface area contributed by atoms with Gasteiger partial charge in [0, 0.05) is 0 Å². The summed E-state index contributed by atoms with van der Waals surface area (Å²) in [5.74, 6) is 0.847. The zero-order valence-electron chi connectivity index (χ0n) is 12.7. The van der Waals surface area contributed by atoms with Gasteiger partial charge < -0.3 is 15.2 Å². The number of nitrogens with one attached hydrogen (secondary N) is 1. The standard InChI is InChI=1S/C15H17N5O3/c1-10-2-4-11(5-3-10)23-7-6-22-9-20-8-17-12-13(20)18-15(16)19-14(12)21/h2-5,8H,6-7,9H2,1H3,(H3,16,18,19,21). The molecule has 8 nitrogen and oxygen atoms in total. The predicted octanol–water partition coefficient (Wildman–Crippen LogP) is 1.06. The Morgan fingerprint density at radius 3 is 2.83 bits per heavy atom. The quantitative estimate of drug-likeness (QED) is 0.659. The van der Waals surface area contributed by atoms with Crippen LogP contribution in [0.3, 0.4) is 0 Å². The number of nitrogen functional groups attached to an aromatic ring is 1. The van der Waals surface area contributed by atoms with Gasteiger partial charge in [0.2, 0.25) is 5.95 Å². The first kappa shape index (κ1) is 15.0. The van der Waals surface area contributed by atoms with Crippen LogP contribution >= 0.6 is 0 Å². The number of imidazole rings is 1. The third-order valence-electron chi connectivity index (χ3n) is 3.24. The predicted molar refractivity (Wildman–Crippen MR) is 85.2 cm³/mol. The lowest BCUT2D eigenvalue weighted by Gasteiger charge is -2.08. The molecule has 3 aromatic rings. The maximum absolute atomic E-state index is 11.7. The number of aromatic nitrogens is 4. The van der Waals surface area contributed by atoms with Crippen LogP contribution < -0.4 is 16.0 Å². The Hall–Kier alpha value is -2.87. The summed E-state index contributed by atoms with van der Waals surface area (Å²) in [6, 6.07) is 7.80. The highest BCUT2D eigenvalue weighted by atomic mass is 16.5. The molecule has 23 heavy (non-hydrogen) atoms. The van der Waals surface area contributed by atoms with Crippen molar-refractivity contribution in [2.75, 3.05) is 18.9 Å². The number of rotatable bonds is 6. The van der Waals surface area contributed by atoms with E-state index in [1.807, 2.05) is 31.2 Å². The maximum Gasteiger partial charge on any atom is 0.280 e. The summed E-state index contributed by atoms with van der Waals surface area (Å²) in [7, 11) is 0. The van der Waals surface area contributed by atoms with Gasteiger partial charge in [-0.2, -0.15) is 4.98 Å². The molecule has 3 N–H and O–H groups in total. The van der Waals surface area contributed by atoms with Crippen LogP contribution in [0.2, 0.25) is 0 Å². The van der Waals surface area contributed by atoms with Crippen molar-refractivity contribution >= 4 is 17.1 Å². The molecule has 0 saturated heterocycles. The van der Waals surface area contributed by atoms with Crippen molar-refractivity contribution in [2.24, 2.45) is 0 Å². The number of H-pyrrole nitrogens is 1. The summed E-state index contributed by atoms with van der Waals surface area (Å²) in [5, 5.41) is 0. The summed E-state index contributed by atoms with van der Waals surface area (Å²) < 4.78 is 12.7. The van der Waals surface area contributed by atoms with E-state index in [0.29, 0.717) is 18.9 Å². The lowest BCUT2D eigenvalue weighted by Crippen LogP contribution is -2.13. The van der Waals surface area contributed by atoms with Crippen molar-refractivity contribution in [1.82, 2.24) is 19.5 Å². The number of nitrogens with two attached hydrogens (primary N) is 1. The summed E-state index contributed by atoms with van der Waals surface area (Å²) >= 11 is 0. The van der Waals surface area contributed by atoms with E-state index < -0.39 is 0 Å². The van der Waals surface area contributed by atoms with E-state index in [1.54, 1.807) is 4.57 Å². The molecular formula is C15H17N5O3. The van der Waals surface area contributed by atoms with Crippen LogP contribution in [0.5, 0.6) is 5.75 Å². The van der Waals surface area contributed by atoms with Gasteiger partial charge >= 0.3 is 0 Å². The molecule has 2 heterocycles. The molecule has 3 rings (SSSR count). The molecule has 0 atom stereocenters. The van der Waals surface area contributed by atoms with Crippen LogP contribution in [0.1, 0.15) is 5.56 Å². The second kappa shape index (κ2) is 6.49. The first-order valence-electron chi connectivity index (χ1n) is 7.11. The van der Waals surface area contributed by atoms with Crippen LogP contribution in [0.15, 0.2) is 35.4 Å². The zero-order chi connectivity index (χ0) is 16.2. The molecule has 0 saturated carbocycles. The van der Waals surface area contributed by atoms with Crippen molar-refractivity contribution in [3.63, 3.8) is 0 Å². The average molecular weight is 315 g/mol. The number of fused-ring (bicyclic) bond motifs is 1. The molecule has 8 heteroatoms. The Morgan fingerprint density at radius 1 is 1.26 bits per heavy atom. The lowest BCUT2D eigenvalue weighted by atomic mass is 10.2. The normalized spacial score (nSPS) is 11.0. The molecule has 0 amide bonds. The number of nitrogens with zero attached hydrogens (tertiary/aromatic N) is 3. The van der Waals surface area contributed by atoms with Gasteiger partial charge in [0.15, 0.2) is 11.2 Å². The van der Waals surface area contributed by atoms with Crippen molar-refractivity contribution in [3.8, 4) is 5.75 Å². The molecule has 0 fully saturated rings. The average Bonchev–Trinajstić information content (AvgIpc) is 2.92. The van der Waals surface area contributed by atoms with Gasteiger partial charge in [-0.05, 0) is 19.1 Å². The molecular weight excluding hydrogens is 298 g/mol. The fraction of sp³-hybridized carbons (Fsp3) is 0.267. The molecule has 120 valence electrons. The summed E-state index contributed by atoms with van der Waals surface area (Å²) in [4.78, 5) is 22.1. The van der Waals surface area contributed by atoms with E-state index in [0.717, 1.165) is 5.75 Å². The molecule has 0 unspecified atom stereocenters. The molecule has 0 radical (unpaired) electrons. The van der Waals surface area contributed by atoms with Gasteiger partial charge in [-0.1, -0.05) is 17.7 Å². The monoisotopic (exact) mass is 315 g/mol. The number of aryl methyl sites for hydroxylation is 1. The van der Waals surface area contributed by atoms with E-state index >= 15 is 0 Å². The minimum atomic E-state index is -0.367. The van der Waals surface area contributed by atoms with Gasteiger partial charge in [0.25, 0.3) is 5.56 Å². The van der Waals surface area contributed by atoms with Crippen molar-refractivity contribution in [3.05, 3.63) is 46.5 Å². The van der Waals surface area contributed by atoms with E-state index in [-0.39, 0.29) is 23.8 Å². The number of anilines is 1. The first-order valence-corrected chi connectivity index (χ1v) is 7.11. The fourth-order valence-corrected chi connectivity index (χ4v) is 2.08. The number of hydrogen-bond acceptors (Lipinski definition) is 6. The molecule has 0 bridgehead atoms. The summed E-state index contributed by atoms with van der Waals surface area (Å²) in [6.07, 6.45) is 1.49. The van der Waals surface area contributed by atoms with Gasteiger partial charge in [-0.3, -0.25) is 14.3 Å². The van der Waals surface area contributed by atoms with Crippen LogP contribution in [-0.4, -0.2) is 32.7 Å². The second-order valence-corrected chi connectivity index (χ2v) is 5.04. The first-order chi connectivity index (χ1) is 11.1. The van der Waals surface area contributed by atoms with Crippen LogP contribution in [0.4, 0.5) is 5.95 Å². The maximum atomic E-state index is 11.7. The third kappa shape index (κ3) is 3.49. The largest absolute Gasteiger partial charge is 0.491 e. The number of ether oxygens (including phenoxy) is 2. The smallest absolute Gasteiger partial charge is 0.280 e. The summed E-state index contributed by atoms with van der Waals surface area (Å²) in [6.45, 7) is 3.05. The molecule has 2 aromatic heterocycles.